The van der Waals surface area contributed by atoms with Crippen molar-refractivity contribution in [2.75, 3.05) is 0 Å². The number of allylic oxidation sites excluding steroid dienone is 1. The summed E-state index contributed by atoms with van der Waals surface area (Å²) in [6, 6.07) is 0. The second kappa shape index (κ2) is 4.84. The zero-order valence-corrected chi connectivity index (χ0v) is 10.2. The van der Waals surface area contributed by atoms with Gasteiger partial charge in [0.25, 0.3) is 0 Å². The Bertz CT molecular complexity index is 243. The Morgan fingerprint density at radius 2 is 2.14 bits per heavy atom. The van der Waals surface area contributed by atoms with Crippen LogP contribution in [0.2, 0.25) is 0 Å². The zero-order valence-electron chi connectivity index (χ0n) is 10.2. The Morgan fingerprint density at radius 1 is 1.50 bits per heavy atom. The molecule has 1 aliphatic rings. The van der Waals surface area contributed by atoms with Crippen molar-refractivity contribution < 1.29 is 0 Å². The average molecular weight is 192 g/mol. The summed E-state index contributed by atoms with van der Waals surface area (Å²) >= 11 is 0. The lowest BCUT2D eigenvalue weighted by atomic mass is 10.1. The van der Waals surface area contributed by atoms with Crippen LogP contribution in [0.15, 0.2) is 17.4 Å². The van der Waals surface area contributed by atoms with E-state index in [1.807, 2.05) is 0 Å². The molecule has 0 amide bonds. The standard InChI is InChI=1S/C14H24/c1-5-6-7-8-12(2)9-10-14(4)11-13(14)3/h10,13H,5-8,11H2,1-4H3. The summed E-state index contributed by atoms with van der Waals surface area (Å²) in [5.74, 6) is 0.874. The quantitative estimate of drug-likeness (QED) is 0.437. The molecule has 80 valence electrons. The van der Waals surface area contributed by atoms with E-state index in [-0.39, 0.29) is 0 Å². The highest BCUT2D eigenvalue weighted by Crippen LogP contribution is 2.52. The summed E-state index contributed by atoms with van der Waals surface area (Å²) in [6.07, 6.45) is 8.88. The smallest absolute Gasteiger partial charge is 0.00420 e. The van der Waals surface area contributed by atoms with E-state index in [9.17, 15) is 0 Å². The average Bonchev–Trinajstić information content (AvgIpc) is 2.73. The maximum atomic E-state index is 3.47. The number of hydrogen-bond acceptors (Lipinski definition) is 0. The lowest BCUT2D eigenvalue weighted by Gasteiger charge is -1.99. The number of rotatable bonds is 5. The van der Waals surface area contributed by atoms with Crippen LogP contribution < -0.4 is 0 Å². The molecule has 0 aliphatic heterocycles. The van der Waals surface area contributed by atoms with Gasteiger partial charge in [0.2, 0.25) is 0 Å². The highest BCUT2D eigenvalue weighted by molar-refractivity contribution is 5.12. The second-order valence-electron chi connectivity index (χ2n) is 5.14. The molecule has 0 N–H and O–H groups in total. The van der Waals surface area contributed by atoms with Crippen LogP contribution >= 0.6 is 0 Å². The van der Waals surface area contributed by atoms with Crippen molar-refractivity contribution in [2.45, 2.75) is 59.8 Å². The highest BCUT2D eigenvalue weighted by Gasteiger charge is 2.44. The molecule has 1 aliphatic carbocycles. The van der Waals surface area contributed by atoms with Gasteiger partial charge in [-0.15, -0.1) is 5.73 Å². The summed E-state index contributed by atoms with van der Waals surface area (Å²) in [5, 5.41) is 0. The van der Waals surface area contributed by atoms with Crippen LogP contribution in [0.5, 0.6) is 0 Å². The first kappa shape index (κ1) is 11.6. The van der Waals surface area contributed by atoms with E-state index < -0.39 is 0 Å². The Labute approximate surface area is 89.1 Å². The van der Waals surface area contributed by atoms with Crippen molar-refractivity contribution in [3.05, 3.63) is 17.4 Å². The lowest BCUT2D eigenvalue weighted by molar-refractivity contribution is 0.663. The third kappa shape index (κ3) is 3.35. The minimum atomic E-state index is 0.478. The van der Waals surface area contributed by atoms with Crippen molar-refractivity contribution in [3.8, 4) is 0 Å². The Kier molecular flexibility index (Phi) is 4.01. The van der Waals surface area contributed by atoms with Crippen molar-refractivity contribution >= 4 is 0 Å². The van der Waals surface area contributed by atoms with Gasteiger partial charge in [0.1, 0.15) is 0 Å². The molecule has 2 unspecified atom stereocenters. The second-order valence-corrected chi connectivity index (χ2v) is 5.14. The van der Waals surface area contributed by atoms with Gasteiger partial charge in [-0.05, 0) is 49.2 Å². The molecule has 0 aromatic heterocycles. The molecule has 2 atom stereocenters. The normalized spacial score (nSPS) is 29.6. The largest absolute Gasteiger partial charge is 0.126 e. The third-order valence-electron chi connectivity index (χ3n) is 3.52. The summed E-state index contributed by atoms with van der Waals surface area (Å²) in [7, 11) is 0. The van der Waals surface area contributed by atoms with Gasteiger partial charge >= 0.3 is 0 Å². The van der Waals surface area contributed by atoms with E-state index in [1.165, 1.54) is 37.7 Å². The van der Waals surface area contributed by atoms with E-state index in [0.717, 1.165) is 5.92 Å². The molecular weight excluding hydrogens is 168 g/mol. The highest BCUT2D eigenvalue weighted by atomic mass is 14.5. The predicted molar refractivity (Wildman–Crippen MR) is 63.3 cm³/mol. The van der Waals surface area contributed by atoms with Gasteiger partial charge in [-0.2, -0.15) is 0 Å². The van der Waals surface area contributed by atoms with Crippen LogP contribution in [-0.2, 0) is 0 Å². The Morgan fingerprint density at radius 3 is 2.64 bits per heavy atom. The molecule has 0 heteroatoms. The Balaban J connectivity index is 2.35. The SMILES string of the molecule is CCCCCC(C)=C=CC1(C)CC1C. The molecule has 0 nitrogen and oxygen atoms in total. The third-order valence-corrected chi connectivity index (χ3v) is 3.52. The van der Waals surface area contributed by atoms with E-state index in [0.29, 0.717) is 5.41 Å². The van der Waals surface area contributed by atoms with Crippen molar-refractivity contribution in [2.24, 2.45) is 11.3 Å². The maximum absolute atomic E-state index is 3.47. The van der Waals surface area contributed by atoms with E-state index in [1.54, 1.807) is 0 Å². The van der Waals surface area contributed by atoms with Crippen LogP contribution in [-0.4, -0.2) is 0 Å². The van der Waals surface area contributed by atoms with E-state index in [4.69, 9.17) is 0 Å². The molecule has 0 bridgehead atoms. The lowest BCUT2D eigenvalue weighted by Crippen LogP contribution is -1.88. The monoisotopic (exact) mass is 192 g/mol. The zero-order chi connectivity index (χ0) is 10.6. The van der Waals surface area contributed by atoms with Gasteiger partial charge in [0.05, 0.1) is 0 Å². The first-order valence-corrected chi connectivity index (χ1v) is 6.02. The van der Waals surface area contributed by atoms with Crippen molar-refractivity contribution in [1.29, 1.82) is 0 Å². The molecule has 0 spiro atoms. The fourth-order valence-electron chi connectivity index (χ4n) is 1.80. The van der Waals surface area contributed by atoms with Crippen molar-refractivity contribution in [1.82, 2.24) is 0 Å². The first-order chi connectivity index (χ1) is 6.58. The molecule has 0 saturated heterocycles. The first-order valence-electron chi connectivity index (χ1n) is 6.02. The number of hydrogen-bond donors (Lipinski definition) is 0. The maximum Gasteiger partial charge on any atom is -0.00420 e. The van der Waals surface area contributed by atoms with Gasteiger partial charge in [-0.1, -0.05) is 33.6 Å². The molecule has 0 radical (unpaired) electrons. The van der Waals surface area contributed by atoms with Crippen LogP contribution in [0.4, 0.5) is 0 Å². The van der Waals surface area contributed by atoms with E-state index in [2.05, 4.69) is 39.5 Å². The topological polar surface area (TPSA) is 0 Å². The number of unbranched alkanes of at least 4 members (excludes halogenated alkanes) is 2. The summed E-state index contributed by atoms with van der Waals surface area (Å²) in [6.45, 7) is 9.12. The van der Waals surface area contributed by atoms with Gasteiger partial charge in [-0.3, -0.25) is 0 Å². The molecule has 1 rings (SSSR count). The fourth-order valence-corrected chi connectivity index (χ4v) is 1.80. The van der Waals surface area contributed by atoms with Crippen molar-refractivity contribution in [3.63, 3.8) is 0 Å². The predicted octanol–water partition coefficient (Wildman–Crippen LogP) is 4.71. The minimum absolute atomic E-state index is 0.478. The summed E-state index contributed by atoms with van der Waals surface area (Å²) in [4.78, 5) is 0. The summed E-state index contributed by atoms with van der Waals surface area (Å²) in [5.41, 5.74) is 5.37. The Hall–Kier alpha value is -0.480. The molecule has 1 saturated carbocycles. The fraction of sp³-hybridized carbons (Fsp3) is 0.786. The molecule has 0 aromatic rings. The summed E-state index contributed by atoms with van der Waals surface area (Å²) < 4.78 is 0. The van der Waals surface area contributed by atoms with Crippen LogP contribution in [0.25, 0.3) is 0 Å². The van der Waals surface area contributed by atoms with Gasteiger partial charge in [0.15, 0.2) is 0 Å². The van der Waals surface area contributed by atoms with E-state index >= 15 is 0 Å². The van der Waals surface area contributed by atoms with Crippen LogP contribution in [0, 0.1) is 11.3 Å². The molecule has 0 aromatic carbocycles. The van der Waals surface area contributed by atoms with Gasteiger partial charge < -0.3 is 0 Å². The van der Waals surface area contributed by atoms with Crippen LogP contribution in [0.3, 0.4) is 0 Å². The molecule has 14 heavy (non-hydrogen) atoms. The minimum Gasteiger partial charge on any atom is -0.126 e. The molecule has 0 heterocycles. The van der Waals surface area contributed by atoms with Crippen LogP contribution in [0.1, 0.15) is 59.8 Å². The van der Waals surface area contributed by atoms with Gasteiger partial charge in [-0.25, -0.2) is 0 Å². The van der Waals surface area contributed by atoms with Gasteiger partial charge in [0, 0.05) is 0 Å². The molecule has 1 fully saturated rings. The molecular formula is C14H24.